The molecular weight excluding hydrogens is 214 g/mol. The fourth-order valence-corrected chi connectivity index (χ4v) is 1.82. The Kier molecular flexibility index (Phi) is 6.01. The van der Waals surface area contributed by atoms with Crippen LogP contribution < -0.4 is 4.90 Å². The van der Waals surface area contributed by atoms with E-state index >= 15 is 0 Å². The van der Waals surface area contributed by atoms with Crippen molar-refractivity contribution in [1.82, 2.24) is 0 Å². The van der Waals surface area contributed by atoms with Crippen LogP contribution >= 0.6 is 0 Å². The number of anilines is 1. The quantitative estimate of drug-likeness (QED) is 0.727. The van der Waals surface area contributed by atoms with Crippen molar-refractivity contribution in [3.8, 4) is 0 Å². The zero-order valence-electron chi connectivity index (χ0n) is 11.3. The fourth-order valence-electron chi connectivity index (χ4n) is 1.82. The molecule has 0 fully saturated rings. The topological polar surface area (TPSA) is 21.7 Å². The molecule has 0 aliphatic heterocycles. The molecule has 96 valence electrons. The van der Waals surface area contributed by atoms with Crippen LogP contribution in [0.2, 0.25) is 0 Å². The van der Waals surface area contributed by atoms with Crippen LogP contribution in [0.1, 0.15) is 11.1 Å². The van der Waals surface area contributed by atoms with Crippen molar-refractivity contribution in [2.24, 2.45) is 0 Å². The number of nitrogens with zero attached hydrogens (tertiary/aromatic N) is 1. The Morgan fingerprint density at radius 1 is 1.00 bits per heavy atom. The average molecular weight is 237 g/mol. The van der Waals surface area contributed by atoms with Gasteiger partial charge in [0.15, 0.2) is 0 Å². The van der Waals surface area contributed by atoms with E-state index in [-0.39, 0.29) is 0 Å². The maximum absolute atomic E-state index is 5.16. The van der Waals surface area contributed by atoms with Crippen LogP contribution in [0.3, 0.4) is 0 Å². The van der Waals surface area contributed by atoms with Gasteiger partial charge in [-0.25, -0.2) is 0 Å². The minimum Gasteiger partial charge on any atom is -0.383 e. The van der Waals surface area contributed by atoms with Gasteiger partial charge in [-0.3, -0.25) is 0 Å². The molecule has 0 spiro atoms. The highest BCUT2D eigenvalue weighted by Crippen LogP contribution is 2.21. The highest BCUT2D eigenvalue weighted by Gasteiger charge is 2.09. The molecule has 0 saturated heterocycles. The Balaban J connectivity index is 2.82. The first-order valence-corrected chi connectivity index (χ1v) is 5.99. The van der Waals surface area contributed by atoms with Gasteiger partial charge in [0.05, 0.1) is 13.2 Å². The molecule has 0 aliphatic rings. The van der Waals surface area contributed by atoms with Gasteiger partial charge in [0, 0.05) is 33.0 Å². The maximum atomic E-state index is 5.16. The lowest BCUT2D eigenvalue weighted by Gasteiger charge is -2.26. The van der Waals surface area contributed by atoms with Crippen LogP contribution in [0.4, 0.5) is 5.69 Å². The first-order chi connectivity index (χ1) is 8.19. The molecule has 0 N–H and O–H groups in total. The number of aryl methyl sites for hydroxylation is 2. The average Bonchev–Trinajstić information content (AvgIpc) is 2.33. The summed E-state index contributed by atoms with van der Waals surface area (Å²) in [5, 5.41) is 0. The van der Waals surface area contributed by atoms with Crippen molar-refractivity contribution in [3.05, 3.63) is 29.3 Å². The first-order valence-electron chi connectivity index (χ1n) is 5.99. The Bertz CT molecular complexity index is 331. The van der Waals surface area contributed by atoms with Crippen molar-refractivity contribution >= 4 is 5.69 Å². The van der Waals surface area contributed by atoms with E-state index in [1.54, 1.807) is 14.2 Å². The number of benzene rings is 1. The van der Waals surface area contributed by atoms with Gasteiger partial charge in [-0.15, -0.1) is 0 Å². The Labute approximate surface area is 104 Å². The van der Waals surface area contributed by atoms with Gasteiger partial charge in [-0.1, -0.05) is 12.1 Å². The minimum absolute atomic E-state index is 0.733. The van der Waals surface area contributed by atoms with E-state index in [2.05, 4.69) is 36.9 Å². The second kappa shape index (κ2) is 7.30. The molecule has 0 bridgehead atoms. The minimum atomic E-state index is 0.733. The van der Waals surface area contributed by atoms with Crippen molar-refractivity contribution in [2.45, 2.75) is 13.8 Å². The molecular formula is C14H23NO2. The van der Waals surface area contributed by atoms with Crippen LogP contribution in [0.5, 0.6) is 0 Å². The SMILES string of the molecule is COCCN(CCOC)c1cc(C)ccc1C. The van der Waals surface area contributed by atoms with E-state index in [9.17, 15) is 0 Å². The molecule has 1 aromatic rings. The van der Waals surface area contributed by atoms with Gasteiger partial charge in [-0.05, 0) is 31.0 Å². The van der Waals surface area contributed by atoms with Crippen LogP contribution in [-0.4, -0.2) is 40.5 Å². The molecule has 0 heterocycles. The van der Waals surface area contributed by atoms with Crippen LogP contribution in [0.25, 0.3) is 0 Å². The molecule has 0 saturated carbocycles. The third-order valence-corrected chi connectivity index (χ3v) is 2.84. The van der Waals surface area contributed by atoms with Crippen molar-refractivity contribution < 1.29 is 9.47 Å². The second-order valence-electron chi connectivity index (χ2n) is 4.26. The molecule has 0 amide bonds. The van der Waals surface area contributed by atoms with Gasteiger partial charge in [0.1, 0.15) is 0 Å². The van der Waals surface area contributed by atoms with E-state index in [4.69, 9.17) is 9.47 Å². The zero-order valence-corrected chi connectivity index (χ0v) is 11.3. The summed E-state index contributed by atoms with van der Waals surface area (Å²) < 4.78 is 10.3. The Morgan fingerprint density at radius 3 is 2.12 bits per heavy atom. The Hall–Kier alpha value is -1.06. The van der Waals surface area contributed by atoms with Crippen LogP contribution in [-0.2, 0) is 9.47 Å². The first kappa shape index (κ1) is 14.0. The van der Waals surface area contributed by atoms with Crippen LogP contribution in [0.15, 0.2) is 18.2 Å². The summed E-state index contributed by atoms with van der Waals surface area (Å²) in [6.07, 6.45) is 0. The second-order valence-corrected chi connectivity index (χ2v) is 4.26. The lowest BCUT2D eigenvalue weighted by atomic mass is 10.1. The van der Waals surface area contributed by atoms with Crippen LogP contribution in [0, 0.1) is 13.8 Å². The number of hydrogen-bond acceptors (Lipinski definition) is 3. The molecule has 0 aliphatic carbocycles. The summed E-state index contributed by atoms with van der Waals surface area (Å²) in [5.74, 6) is 0. The third-order valence-electron chi connectivity index (χ3n) is 2.84. The van der Waals surface area contributed by atoms with Gasteiger partial charge in [0.25, 0.3) is 0 Å². The van der Waals surface area contributed by atoms with E-state index in [0.29, 0.717) is 0 Å². The zero-order chi connectivity index (χ0) is 12.7. The monoisotopic (exact) mass is 237 g/mol. The smallest absolute Gasteiger partial charge is 0.0637 e. The molecule has 0 radical (unpaired) electrons. The van der Waals surface area contributed by atoms with E-state index < -0.39 is 0 Å². The summed E-state index contributed by atoms with van der Waals surface area (Å²) in [4.78, 5) is 2.31. The van der Waals surface area contributed by atoms with Gasteiger partial charge >= 0.3 is 0 Å². The molecule has 1 rings (SSSR count). The molecule has 0 unspecified atom stereocenters. The van der Waals surface area contributed by atoms with Crippen molar-refractivity contribution in [3.63, 3.8) is 0 Å². The molecule has 0 aromatic heterocycles. The lowest BCUT2D eigenvalue weighted by molar-refractivity contribution is 0.190. The third kappa shape index (κ3) is 4.36. The summed E-state index contributed by atoms with van der Waals surface area (Å²) in [7, 11) is 3.47. The summed E-state index contributed by atoms with van der Waals surface area (Å²) in [5.41, 5.74) is 3.85. The van der Waals surface area contributed by atoms with E-state index in [1.807, 2.05) is 0 Å². The van der Waals surface area contributed by atoms with Gasteiger partial charge < -0.3 is 14.4 Å². The number of rotatable bonds is 7. The summed E-state index contributed by atoms with van der Waals surface area (Å²) in [6.45, 7) is 7.51. The van der Waals surface area contributed by atoms with E-state index in [0.717, 1.165) is 26.3 Å². The highest BCUT2D eigenvalue weighted by atomic mass is 16.5. The molecule has 17 heavy (non-hydrogen) atoms. The van der Waals surface area contributed by atoms with E-state index in [1.165, 1.54) is 16.8 Å². The summed E-state index contributed by atoms with van der Waals surface area (Å²) in [6, 6.07) is 6.53. The lowest BCUT2D eigenvalue weighted by Crippen LogP contribution is -2.31. The predicted molar refractivity (Wildman–Crippen MR) is 71.9 cm³/mol. The fraction of sp³-hybridized carbons (Fsp3) is 0.571. The number of hydrogen-bond donors (Lipinski definition) is 0. The van der Waals surface area contributed by atoms with Crippen molar-refractivity contribution in [1.29, 1.82) is 0 Å². The molecule has 0 atom stereocenters. The largest absolute Gasteiger partial charge is 0.383 e. The molecule has 1 aromatic carbocycles. The normalized spacial score (nSPS) is 10.6. The standard InChI is InChI=1S/C14H23NO2/c1-12-5-6-13(2)14(11-12)15(7-9-16-3)8-10-17-4/h5-6,11H,7-10H2,1-4H3. The molecule has 3 nitrogen and oxygen atoms in total. The van der Waals surface area contributed by atoms with Gasteiger partial charge in [-0.2, -0.15) is 0 Å². The predicted octanol–water partition coefficient (Wildman–Crippen LogP) is 2.40. The maximum Gasteiger partial charge on any atom is 0.0637 e. The van der Waals surface area contributed by atoms with Gasteiger partial charge in [0.2, 0.25) is 0 Å². The summed E-state index contributed by atoms with van der Waals surface area (Å²) >= 11 is 0. The molecule has 3 heteroatoms. The Morgan fingerprint density at radius 2 is 1.59 bits per heavy atom. The number of ether oxygens (including phenoxy) is 2. The highest BCUT2D eigenvalue weighted by molar-refractivity contribution is 5.54. The van der Waals surface area contributed by atoms with Crippen molar-refractivity contribution in [2.75, 3.05) is 45.4 Å². The number of methoxy groups -OCH3 is 2.